The monoisotopic (exact) mass is 270 g/mol. The summed E-state index contributed by atoms with van der Waals surface area (Å²) in [6.45, 7) is 21.9. The molecule has 110 valence electrons. The Morgan fingerprint density at radius 1 is 0.667 bits per heavy atom. The fourth-order valence-corrected chi connectivity index (χ4v) is 12.6. The molecule has 0 amide bonds. The van der Waals surface area contributed by atoms with Crippen LogP contribution >= 0.6 is 0 Å². The van der Waals surface area contributed by atoms with Crippen molar-refractivity contribution in [2.75, 3.05) is 0 Å². The molecule has 0 aliphatic carbocycles. The second-order valence-corrected chi connectivity index (χ2v) is 13.6. The van der Waals surface area contributed by atoms with Gasteiger partial charge >= 0.3 is 0 Å². The smallest absolute Gasteiger partial charge is 0.0548 e. The summed E-state index contributed by atoms with van der Waals surface area (Å²) in [7, 11) is -1.12. The first-order valence-corrected chi connectivity index (χ1v) is 10.8. The van der Waals surface area contributed by atoms with Gasteiger partial charge in [0.2, 0.25) is 0 Å². The molecule has 0 atom stereocenters. The zero-order valence-corrected chi connectivity index (χ0v) is 15.6. The quantitative estimate of drug-likeness (QED) is 0.466. The van der Waals surface area contributed by atoms with Crippen LogP contribution in [0.4, 0.5) is 0 Å². The third-order valence-electron chi connectivity index (χ3n) is 3.43. The number of hydrogen-bond acceptors (Lipinski definition) is 0. The first kappa shape index (κ1) is 18.2. The maximum absolute atomic E-state index is 2.44. The Balaban J connectivity index is 5.10. The molecule has 0 aromatic heterocycles. The minimum absolute atomic E-state index is 0.505. The van der Waals surface area contributed by atoms with E-state index in [1.807, 2.05) is 0 Å². The maximum Gasteiger partial charge on any atom is 0.0548 e. The highest BCUT2D eigenvalue weighted by Crippen LogP contribution is 2.41. The second kappa shape index (κ2) is 7.12. The van der Waals surface area contributed by atoms with E-state index in [4.69, 9.17) is 0 Å². The molecule has 0 radical (unpaired) electrons. The van der Waals surface area contributed by atoms with Gasteiger partial charge in [0.15, 0.2) is 0 Å². The highest BCUT2D eigenvalue weighted by Gasteiger charge is 2.38. The van der Waals surface area contributed by atoms with Gasteiger partial charge in [-0.25, -0.2) is 0 Å². The molecule has 0 heterocycles. The van der Waals surface area contributed by atoms with E-state index in [0.717, 1.165) is 17.8 Å². The molecule has 0 aromatic carbocycles. The second-order valence-electron chi connectivity index (χ2n) is 9.03. The Hall–Kier alpha value is 0.217. The highest BCUT2D eigenvalue weighted by molar-refractivity contribution is 6.80. The van der Waals surface area contributed by atoms with Crippen LogP contribution in [0.2, 0.25) is 24.2 Å². The van der Waals surface area contributed by atoms with Crippen LogP contribution in [0.1, 0.15) is 62.3 Å². The zero-order chi connectivity index (χ0) is 14.6. The van der Waals surface area contributed by atoms with Gasteiger partial charge in [0, 0.05) is 0 Å². The van der Waals surface area contributed by atoms with Gasteiger partial charge in [0.1, 0.15) is 0 Å². The van der Waals surface area contributed by atoms with Gasteiger partial charge in [-0.15, -0.1) is 0 Å². The predicted molar refractivity (Wildman–Crippen MR) is 89.0 cm³/mol. The Morgan fingerprint density at radius 2 is 0.944 bits per heavy atom. The lowest BCUT2D eigenvalue weighted by Gasteiger charge is -2.41. The molecule has 0 rings (SSSR count). The Bertz CT molecular complexity index is 194. The molecule has 0 saturated heterocycles. The SMILES string of the molecule is CC(C)C[Si](CC(C)C)(CC(C)C)CC(C)(C)C. The van der Waals surface area contributed by atoms with E-state index in [1.165, 1.54) is 24.2 Å². The summed E-state index contributed by atoms with van der Waals surface area (Å²) in [4.78, 5) is 0. The van der Waals surface area contributed by atoms with Gasteiger partial charge in [0.05, 0.1) is 8.07 Å². The van der Waals surface area contributed by atoms with Crippen LogP contribution in [0.5, 0.6) is 0 Å². The largest absolute Gasteiger partial charge is 0.0630 e. The summed E-state index contributed by atoms with van der Waals surface area (Å²) in [5.74, 6) is 2.62. The van der Waals surface area contributed by atoms with Crippen molar-refractivity contribution in [1.29, 1.82) is 0 Å². The molecule has 0 N–H and O–H groups in total. The van der Waals surface area contributed by atoms with E-state index in [1.54, 1.807) is 0 Å². The van der Waals surface area contributed by atoms with Crippen LogP contribution in [-0.2, 0) is 0 Å². The lowest BCUT2D eigenvalue weighted by atomic mass is 10.0. The summed E-state index contributed by atoms with van der Waals surface area (Å²) in [6, 6.07) is 6.09. The van der Waals surface area contributed by atoms with Crippen LogP contribution in [0.3, 0.4) is 0 Å². The first-order chi connectivity index (χ1) is 7.96. The molecule has 0 saturated carbocycles. The van der Waals surface area contributed by atoms with Gasteiger partial charge in [-0.05, 0) is 23.2 Å². The number of rotatable bonds is 7. The third-order valence-corrected chi connectivity index (χ3v) is 10.3. The highest BCUT2D eigenvalue weighted by atomic mass is 28.3. The van der Waals surface area contributed by atoms with E-state index in [0.29, 0.717) is 5.41 Å². The molecule has 0 unspecified atom stereocenters. The average Bonchev–Trinajstić information content (AvgIpc) is 1.92. The molecule has 0 nitrogen and oxygen atoms in total. The normalized spacial score (nSPS) is 14.0. The topological polar surface area (TPSA) is 0 Å². The van der Waals surface area contributed by atoms with Crippen molar-refractivity contribution in [1.82, 2.24) is 0 Å². The molecule has 0 fully saturated rings. The van der Waals surface area contributed by atoms with Crippen LogP contribution in [0, 0.1) is 23.2 Å². The van der Waals surface area contributed by atoms with Crippen molar-refractivity contribution >= 4 is 8.07 Å². The van der Waals surface area contributed by atoms with Crippen LogP contribution in [-0.4, -0.2) is 8.07 Å². The van der Waals surface area contributed by atoms with Crippen molar-refractivity contribution in [2.45, 2.75) is 86.5 Å². The Morgan fingerprint density at radius 3 is 1.11 bits per heavy atom. The lowest BCUT2D eigenvalue weighted by Crippen LogP contribution is -2.41. The summed E-state index contributed by atoms with van der Waals surface area (Å²) in [5, 5.41) is 0. The van der Waals surface area contributed by atoms with Crippen LogP contribution < -0.4 is 0 Å². The summed E-state index contributed by atoms with van der Waals surface area (Å²) in [5.41, 5.74) is 0.505. The van der Waals surface area contributed by atoms with E-state index >= 15 is 0 Å². The van der Waals surface area contributed by atoms with E-state index < -0.39 is 8.07 Å². The molecule has 0 spiro atoms. The van der Waals surface area contributed by atoms with Crippen molar-refractivity contribution in [2.24, 2.45) is 23.2 Å². The Labute approximate surface area is 118 Å². The van der Waals surface area contributed by atoms with Crippen LogP contribution in [0.15, 0.2) is 0 Å². The molecule has 0 bridgehead atoms. The number of hydrogen-bond donors (Lipinski definition) is 0. The fourth-order valence-electron chi connectivity index (χ4n) is 4.19. The van der Waals surface area contributed by atoms with Crippen LogP contribution in [0.25, 0.3) is 0 Å². The molecular formula is C17H38Si. The lowest BCUT2D eigenvalue weighted by molar-refractivity contribution is 0.450. The Kier molecular flexibility index (Phi) is 7.21. The van der Waals surface area contributed by atoms with Gasteiger partial charge in [-0.2, -0.15) is 0 Å². The van der Waals surface area contributed by atoms with Gasteiger partial charge in [-0.3, -0.25) is 0 Å². The van der Waals surface area contributed by atoms with Gasteiger partial charge in [-0.1, -0.05) is 86.5 Å². The standard InChI is InChI=1S/C17H38Si/c1-14(2)10-18(11-15(3)4,12-16(5)6)13-17(7,8)9/h14-16H,10-13H2,1-9H3. The van der Waals surface area contributed by atoms with E-state index in [-0.39, 0.29) is 0 Å². The summed E-state index contributed by atoms with van der Waals surface area (Å²) >= 11 is 0. The molecule has 1 heteroatoms. The molecular weight excluding hydrogens is 232 g/mol. The van der Waals surface area contributed by atoms with Gasteiger partial charge in [0.25, 0.3) is 0 Å². The maximum atomic E-state index is 2.44. The van der Waals surface area contributed by atoms with Crippen molar-refractivity contribution < 1.29 is 0 Å². The van der Waals surface area contributed by atoms with E-state index in [2.05, 4.69) is 62.3 Å². The molecule has 18 heavy (non-hydrogen) atoms. The summed E-state index contributed by atoms with van der Waals surface area (Å²) < 4.78 is 0. The summed E-state index contributed by atoms with van der Waals surface area (Å²) in [6.07, 6.45) is 0. The molecule has 0 aliphatic rings. The molecule has 0 aromatic rings. The van der Waals surface area contributed by atoms with Crippen molar-refractivity contribution in [3.63, 3.8) is 0 Å². The molecule has 0 aliphatic heterocycles. The minimum atomic E-state index is -1.12. The van der Waals surface area contributed by atoms with E-state index in [9.17, 15) is 0 Å². The van der Waals surface area contributed by atoms with Gasteiger partial charge < -0.3 is 0 Å². The third kappa shape index (κ3) is 8.34. The van der Waals surface area contributed by atoms with Crippen molar-refractivity contribution in [3.05, 3.63) is 0 Å². The first-order valence-electron chi connectivity index (χ1n) is 7.96. The zero-order valence-electron chi connectivity index (χ0n) is 14.6. The predicted octanol–water partition coefficient (Wildman–Crippen LogP) is 6.45. The van der Waals surface area contributed by atoms with Crippen molar-refractivity contribution in [3.8, 4) is 0 Å². The fraction of sp³-hybridized carbons (Fsp3) is 1.00. The average molecular weight is 271 g/mol. The minimum Gasteiger partial charge on any atom is -0.0630 e.